The van der Waals surface area contributed by atoms with E-state index in [1.54, 1.807) is 25.2 Å². The summed E-state index contributed by atoms with van der Waals surface area (Å²) in [5, 5.41) is 9.69. The zero-order valence-corrected chi connectivity index (χ0v) is 17.6. The number of carbonyl (C=O) groups is 1. The Kier molecular flexibility index (Phi) is 6.03. The quantitative estimate of drug-likeness (QED) is 0.815. The number of fused-ring (bicyclic) bond motifs is 1. The Morgan fingerprint density at radius 1 is 1.24 bits per heavy atom. The Morgan fingerprint density at radius 3 is 2.66 bits per heavy atom. The van der Waals surface area contributed by atoms with Crippen molar-refractivity contribution >= 4 is 6.09 Å². The second-order valence-electron chi connectivity index (χ2n) is 8.40. The Labute approximate surface area is 172 Å². The van der Waals surface area contributed by atoms with Crippen molar-refractivity contribution in [3.8, 4) is 11.5 Å². The van der Waals surface area contributed by atoms with Crippen LogP contribution >= 0.6 is 0 Å². The first-order chi connectivity index (χ1) is 13.6. The van der Waals surface area contributed by atoms with Crippen molar-refractivity contribution in [2.75, 3.05) is 13.6 Å². The molecule has 0 aromatic heterocycles. The zero-order chi connectivity index (χ0) is 21.2. The molecule has 0 saturated heterocycles. The molecule has 2 atom stereocenters. The maximum absolute atomic E-state index is 12.4. The highest BCUT2D eigenvalue weighted by Crippen LogP contribution is 2.36. The first kappa shape index (κ1) is 21.0. The van der Waals surface area contributed by atoms with Crippen LogP contribution in [0.2, 0.25) is 0 Å². The summed E-state index contributed by atoms with van der Waals surface area (Å²) in [4.78, 5) is 13.9. The molecule has 1 aliphatic rings. The first-order valence-electron chi connectivity index (χ1n) is 9.74. The minimum Gasteiger partial charge on any atom is -0.508 e. The van der Waals surface area contributed by atoms with Gasteiger partial charge in [0.2, 0.25) is 0 Å². The molecule has 2 aromatic rings. The molecule has 6 nitrogen and oxygen atoms in total. The van der Waals surface area contributed by atoms with Crippen molar-refractivity contribution in [3.63, 3.8) is 0 Å². The van der Waals surface area contributed by atoms with Crippen LogP contribution < -0.4 is 4.74 Å². The molecule has 0 bridgehead atoms. The average Bonchev–Trinajstić information content (AvgIpc) is 2.64. The number of aromatic hydroxyl groups is 1. The van der Waals surface area contributed by atoms with E-state index in [0.717, 1.165) is 16.7 Å². The van der Waals surface area contributed by atoms with Gasteiger partial charge < -0.3 is 24.2 Å². The van der Waals surface area contributed by atoms with Crippen LogP contribution in [0.1, 0.15) is 43.6 Å². The van der Waals surface area contributed by atoms with Crippen LogP contribution in [0, 0.1) is 6.92 Å². The zero-order valence-electron chi connectivity index (χ0n) is 17.6. The van der Waals surface area contributed by atoms with Gasteiger partial charge in [0.1, 0.15) is 23.2 Å². The number of amides is 1. The van der Waals surface area contributed by atoms with Gasteiger partial charge in [-0.15, -0.1) is 0 Å². The van der Waals surface area contributed by atoms with E-state index in [1.165, 1.54) is 4.90 Å². The van der Waals surface area contributed by atoms with Gasteiger partial charge in [0.05, 0.1) is 13.2 Å². The van der Waals surface area contributed by atoms with Gasteiger partial charge in [0.15, 0.2) is 6.10 Å². The maximum Gasteiger partial charge on any atom is 0.410 e. The molecule has 1 heterocycles. The van der Waals surface area contributed by atoms with Crippen LogP contribution in [0.4, 0.5) is 4.79 Å². The van der Waals surface area contributed by atoms with Gasteiger partial charge >= 0.3 is 6.09 Å². The standard InChI is InChI=1S/C23H29NO5/c1-15-12-17(25)10-11-19(15)28-21-18-9-7-6-8-16(18)14-27-20(21)13-24(5)22(26)29-23(2,3)4/h6-12,20-21,25H,13-14H2,1-5H3/t20-,21-/m0/s1. The molecule has 3 rings (SSSR count). The summed E-state index contributed by atoms with van der Waals surface area (Å²) in [6, 6.07) is 13.0. The van der Waals surface area contributed by atoms with Gasteiger partial charge in [-0.1, -0.05) is 24.3 Å². The SMILES string of the molecule is Cc1cc(O)ccc1O[C@H]1c2ccccc2CO[C@H]1CN(C)C(=O)OC(C)(C)C. The largest absolute Gasteiger partial charge is 0.508 e. The molecule has 0 spiro atoms. The number of phenolic OH excluding ortho intramolecular Hbond substituents is 1. The fourth-order valence-electron chi connectivity index (χ4n) is 3.30. The summed E-state index contributed by atoms with van der Waals surface area (Å²) in [5.74, 6) is 0.856. The lowest BCUT2D eigenvalue weighted by Gasteiger charge is -2.36. The number of hydrogen-bond donors (Lipinski definition) is 1. The first-order valence-corrected chi connectivity index (χ1v) is 9.74. The lowest BCUT2D eigenvalue weighted by Crippen LogP contribution is -2.44. The Bertz CT molecular complexity index is 874. The molecule has 2 aromatic carbocycles. The molecule has 156 valence electrons. The van der Waals surface area contributed by atoms with E-state index in [0.29, 0.717) is 18.9 Å². The molecule has 1 amide bonds. The van der Waals surface area contributed by atoms with Gasteiger partial charge in [-0.25, -0.2) is 4.79 Å². The molecule has 0 unspecified atom stereocenters. The Balaban J connectivity index is 1.84. The summed E-state index contributed by atoms with van der Waals surface area (Å²) in [6.07, 6.45) is -1.16. The fraction of sp³-hybridized carbons (Fsp3) is 0.435. The third kappa shape index (κ3) is 5.21. The lowest BCUT2D eigenvalue weighted by atomic mass is 9.95. The Hall–Kier alpha value is -2.73. The topological polar surface area (TPSA) is 68.2 Å². The van der Waals surface area contributed by atoms with Crippen molar-refractivity contribution in [2.45, 2.75) is 52.1 Å². The predicted molar refractivity (Wildman–Crippen MR) is 110 cm³/mol. The number of carbonyl (C=O) groups excluding carboxylic acids is 1. The molecule has 1 aliphatic heterocycles. The van der Waals surface area contributed by atoms with E-state index in [9.17, 15) is 9.90 Å². The van der Waals surface area contributed by atoms with Crippen molar-refractivity contribution in [1.29, 1.82) is 0 Å². The third-order valence-corrected chi connectivity index (χ3v) is 4.72. The van der Waals surface area contributed by atoms with Gasteiger partial charge in [-0.05, 0) is 57.0 Å². The molecular weight excluding hydrogens is 370 g/mol. The van der Waals surface area contributed by atoms with Crippen LogP contribution in [-0.2, 0) is 16.1 Å². The van der Waals surface area contributed by atoms with Crippen LogP contribution in [0.25, 0.3) is 0 Å². The van der Waals surface area contributed by atoms with Crippen molar-refractivity contribution in [2.24, 2.45) is 0 Å². The highest BCUT2D eigenvalue weighted by Gasteiger charge is 2.35. The van der Waals surface area contributed by atoms with Gasteiger partial charge in [-0.2, -0.15) is 0 Å². The monoisotopic (exact) mass is 399 g/mol. The van der Waals surface area contributed by atoms with E-state index in [4.69, 9.17) is 14.2 Å². The molecule has 0 fully saturated rings. The molecule has 1 N–H and O–H groups in total. The third-order valence-electron chi connectivity index (χ3n) is 4.72. The summed E-state index contributed by atoms with van der Waals surface area (Å²) in [7, 11) is 1.70. The Morgan fingerprint density at radius 2 is 1.97 bits per heavy atom. The molecule has 0 aliphatic carbocycles. The predicted octanol–water partition coefficient (Wildman–Crippen LogP) is 4.59. The number of likely N-dealkylation sites (N-methyl/N-ethyl adjacent to an activating group) is 1. The molecule has 6 heteroatoms. The van der Waals surface area contributed by atoms with Gasteiger partial charge in [0, 0.05) is 12.6 Å². The second-order valence-corrected chi connectivity index (χ2v) is 8.40. The fourth-order valence-corrected chi connectivity index (χ4v) is 3.30. The summed E-state index contributed by atoms with van der Waals surface area (Å²) in [5.41, 5.74) is 2.36. The van der Waals surface area contributed by atoms with E-state index >= 15 is 0 Å². The molecular formula is C23H29NO5. The summed E-state index contributed by atoms with van der Waals surface area (Å²) in [6.45, 7) is 8.18. The second kappa shape index (κ2) is 8.33. The minimum atomic E-state index is -0.565. The summed E-state index contributed by atoms with van der Waals surface area (Å²) >= 11 is 0. The van der Waals surface area contributed by atoms with Gasteiger partial charge in [0.25, 0.3) is 0 Å². The average molecular weight is 399 g/mol. The van der Waals surface area contributed by atoms with Gasteiger partial charge in [-0.3, -0.25) is 0 Å². The highest BCUT2D eigenvalue weighted by molar-refractivity contribution is 5.67. The number of ether oxygens (including phenoxy) is 3. The van der Waals surface area contributed by atoms with E-state index in [1.807, 2.05) is 52.0 Å². The van der Waals surface area contributed by atoms with Crippen LogP contribution in [0.15, 0.2) is 42.5 Å². The number of nitrogens with zero attached hydrogens (tertiary/aromatic N) is 1. The van der Waals surface area contributed by atoms with E-state index < -0.39 is 17.8 Å². The minimum absolute atomic E-state index is 0.191. The molecule has 0 saturated carbocycles. The van der Waals surface area contributed by atoms with Crippen molar-refractivity contribution in [1.82, 2.24) is 4.90 Å². The summed E-state index contributed by atoms with van der Waals surface area (Å²) < 4.78 is 17.9. The molecule has 29 heavy (non-hydrogen) atoms. The smallest absolute Gasteiger partial charge is 0.410 e. The number of hydrogen-bond acceptors (Lipinski definition) is 5. The number of aryl methyl sites for hydroxylation is 1. The van der Waals surface area contributed by atoms with Crippen LogP contribution in [0.3, 0.4) is 0 Å². The highest BCUT2D eigenvalue weighted by atomic mass is 16.6. The number of rotatable bonds is 4. The van der Waals surface area contributed by atoms with Crippen LogP contribution in [-0.4, -0.2) is 41.4 Å². The van der Waals surface area contributed by atoms with Crippen molar-refractivity contribution in [3.05, 3.63) is 59.2 Å². The lowest BCUT2D eigenvalue weighted by molar-refractivity contribution is -0.0660. The van der Waals surface area contributed by atoms with E-state index in [2.05, 4.69) is 0 Å². The maximum atomic E-state index is 12.4. The van der Waals surface area contributed by atoms with Crippen LogP contribution in [0.5, 0.6) is 11.5 Å². The number of phenols is 1. The van der Waals surface area contributed by atoms with Crippen molar-refractivity contribution < 1.29 is 24.1 Å². The number of benzene rings is 2. The van der Waals surface area contributed by atoms with E-state index in [-0.39, 0.29) is 11.9 Å². The molecule has 0 radical (unpaired) electrons. The normalized spacial score (nSPS) is 18.7.